The van der Waals surface area contributed by atoms with Gasteiger partial charge in [0.25, 0.3) is 0 Å². The van der Waals surface area contributed by atoms with Crippen molar-refractivity contribution in [3.8, 4) is 0 Å². The first-order valence-electron chi connectivity index (χ1n) is 1.06. The Morgan fingerprint density at radius 2 is 2.17 bits per heavy atom. The molecule has 0 aliphatic carbocycles. The minimum atomic E-state index is -0.329. The van der Waals surface area contributed by atoms with E-state index in [-0.39, 0.29) is 31.9 Å². The summed E-state index contributed by atoms with van der Waals surface area (Å²) in [5.74, 6) is -0.329. The number of hydrogen-bond donors (Lipinski definition) is 0. The maximum Gasteiger partial charge on any atom is 2.00 e. The van der Waals surface area contributed by atoms with Crippen LogP contribution in [0.5, 0.6) is 0 Å². The summed E-state index contributed by atoms with van der Waals surface area (Å²) in [5, 5.41) is 0. The first kappa shape index (κ1) is 9.87. The van der Waals surface area contributed by atoms with Gasteiger partial charge in [-0.3, -0.25) is 4.79 Å². The molecule has 0 aromatic rings. The second-order valence-corrected chi connectivity index (χ2v) is 0.892. The molecule has 0 unspecified atom stereocenters. The summed E-state index contributed by atoms with van der Waals surface area (Å²) in [5.41, 5.74) is 0. The summed E-state index contributed by atoms with van der Waals surface area (Å²) in [6.07, 6.45) is 0. The zero-order valence-electron chi connectivity index (χ0n) is 5.40. The van der Waals surface area contributed by atoms with Gasteiger partial charge < -0.3 is 6.68 Å². The van der Waals surface area contributed by atoms with Crippen LogP contribution >= 0.6 is 16.3 Å². The van der Waals surface area contributed by atoms with Crippen molar-refractivity contribution in [1.82, 2.24) is 0 Å². The fraction of sp³-hybridized carbons (Fsp3) is 0.500. The monoisotopic (exact) mass is 164 g/mol. The molecule has 0 N–H and O–H groups in total. The molecule has 2 nitrogen and oxygen atoms in total. The van der Waals surface area contributed by atoms with Crippen LogP contribution in [0.1, 0.15) is 9.78 Å². The van der Waals surface area contributed by atoms with E-state index in [9.17, 15) is 4.79 Å². The van der Waals surface area contributed by atoms with Crippen molar-refractivity contribution in [2.45, 2.75) is 6.92 Å². The van der Waals surface area contributed by atoms with Crippen LogP contribution in [0.25, 0.3) is 0 Å². The van der Waals surface area contributed by atoms with E-state index in [1.54, 1.807) is 0 Å². The Morgan fingerprint density at radius 3 is 2.17 bits per heavy atom. The van der Waals surface area contributed by atoms with Gasteiger partial charge in [0.2, 0.25) is 0 Å². The van der Waals surface area contributed by atoms with Gasteiger partial charge in [0, 0.05) is 6.92 Å². The van der Waals surface area contributed by atoms with Gasteiger partial charge >= 0.3 is 29.0 Å². The zero-order chi connectivity index (χ0) is 4.28. The first-order chi connectivity index (χ1) is 2.27. The van der Waals surface area contributed by atoms with Gasteiger partial charge in [-0.05, 0) is 0 Å². The smallest absolute Gasteiger partial charge is 1.00 e. The molecule has 0 bridgehead atoms. The predicted molar refractivity (Wildman–Crippen MR) is 28.7 cm³/mol. The quantitative estimate of drug-likeness (QED) is 0.494. The largest absolute Gasteiger partial charge is 2.00 e. The molecule has 0 radical (unpaired) electrons. The van der Waals surface area contributed by atoms with Crippen molar-refractivity contribution in [2.75, 3.05) is 0 Å². The van der Waals surface area contributed by atoms with Crippen molar-refractivity contribution < 1.29 is 11.5 Å². The van der Waals surface area contributed by atoms with E-state index < -0.39 is 0 Å². The molecule has 0 spiro atoms. The van der Waals surface area contributed by atoms with Crippen molar-refractivity contribution >= 4 is 45.3 Å². The van der Waals surface area contributed by atoms with Gasteiger partial charge in [-0.2, -0.15) is 0 Å². The topological polar surface area (TPSA) is 26.3 Å². The van der Waals surface area contributed by atoms with E-state index in [1.165, 1.54) is 6.92 Å². The van der Waals surface area contributed by atoms with Gasteiger partial charge in [-0.15, -0.1) is 0 Å². The molecule has 34 valence electrons. The average molecular weight is 165 g/mol. The number of carbonyl (C=O) groups excluding carboxylic acids is 1. The minimum absolute atomic E-state index is 0. The first-order valence-corrected chi connectivity index (χ1v) is 1.71. The van der Waals surface area contributed by atoms with Crippen molar-refractivity contribution in [3.05, 3.63) is 0 Å². The fourth-order valence-corrected chi connectivity index (χ4v) is 0. The van der Waals surface area contributed by atoms with E-state index in [2.05, 4.69) is 20.1 Å². The van der Waals surface area contributed by atoms with Crippen LogP contribution in [0.4, 0.5) is 0 Å². The Balaban J connectivity index is -0.0000000267. The Labute approximate surface area is 63.8 Å². The molecule has 0 atom stereocenters. The normalized spacial score (nSPS) is 5.67. The molecule has 0 aromatic heterocycles. The Morgan fingerprint density at radius 1 is 2.00 bits per heavy atom. The minimum Gasteiger partial charge on any atom is -1.00 e. The van der Waals surface area contributed by atoms with Gasteiger partial charge in [0.1, 0.15) is 0 Å². The SMILES string of the molecule is CC(=O)OBr.[H-].[H-].[Mg+2]. The molecule has 0 heterocycles. The third-order valence-electron chi connectivity index (χ3n) is 0.109. The van der Waals surface area contributed by atoms with E-state index in [1.807, 2.05) is 0 Å². The number of carbonyl (C=O) groups is 1. The van der Waals surface area contributed by atoms with E-state index in [4.69, 9.17) is 0 Å². The van der Waals surface area contributed by atoms with Crippen molar-refractivity contribution in [1.29, 1.82) is 0 Å². The van der Waals surface area contributed by atoms with E-state index >= 15 is 0 Å². The second-order valence-electron chi connectivity index (χ2n) is 0.569. The summed E-state index contributed by atoms with van der Waals surface area (Å²) in [7, 11) is 0. The summed E-state index contributed by atoms with van der Waals surface area (Å²) >= 11 is 2.46. The number of rotatable bonds is 0. The third kappa shape index (κ3) is 8.83. The molecule has 6 heavy (non-hydrogen) atoms. The third-order valence-corrected chi connectivity index (χ3v) is 0.565. The van der Waals surface area contributed by atoms with Crippen LogP contribution in [0, 0.1) is 0 Å². The van der Waals surface area contributed by atoms with Gasteiger partial charge in [0.15, 0.2) is 16.3 Å². The summed E-state index contributed by atoms with van der Waals surface area (Å²) in [4.78, 5) is 9.54. The molecule has 4 heteroatoms. The standard InChI is InChI=1S/C2H3BrO2.Mg.2H/c1-2(4)5-3;;;/h1H3;;;/q;+2;2*-1. The number of hydrogen-bond acceptors (Lipinski definition) is 2. The maximum atomic E-state index is 9.54. The van der Waals surface area contributed by atoms with E-state index in [0.29, 0.717) is 0 Å². The van der Waals surface area contributed by atoms with Gasteiger partial charge in [-0.25, -0.2) is 0 Å². The molecule has 0 amide bonds. The second kappa shape index (κ2) is 5.72. The maximum absolute atomic E-state index is 9.54. The van der Waals surface area contributed by atoms with Crippen LogP contribution in [0.3, 0.4) is 0 Å². The Kier molecular flexibility index (Phi) is 9.40. The predicted octanol–water partition coefficient (Wildman–Crippen LogP) is 0.704. The van der Waals surface area contributed by atoms with Gasteiger partial charge in [-0.1, -0.05) is 0 Å². The molecule has 0 saturated heterocycles. The molecule has 0 saturated carbocycles. The van der Waals surface area contributed by atoms with Crippen LogP contribution in [-0.2, 0) is 8.62 Å². The van der Waals surface area contributed by atoms with Crippen LogP contribution < -0.4 is 0 Å². The van der Waals surface area contributed by atoms with Crippen LogP contribution in [-0.4, -0.2) is 29.0 Å². The molecular formula is C2H5BrMgO2. The molecule has 0 aromatic carbocycles. The van der Waals surface area contributed by atoms with Crippen LogP contribution in [0.15, 0.2) is 0 Å². The fourth-order valence-electron chi connectivity index (χ4n) is 0. The average Bonchev–Trinajstić information content (AvgIpc) is 1.38. The number of halogens is 1. The summed E-state index contributed by atoms with van der Waals surface area (Å²) < 4.78 is 3.92. The van der Waals surface area contributed by atoms with Crippen molar-refractivity contribution in [2.24, 2.45) is 0 Å². The molecule has 0 rings (SSSR count). The van der Waals surface area contributed by atoms with E-state index in [0.717, 1.165) is 0 Å². The van der Waals surface area contributed by atoms with Crippen molar-refractivity contribution in [3.63, 3.8) is 0 Å². The summed E-state index contributed by atoms with van der Waals surface area (Å²) in [6.45, 7) is 1.31. The summed E-state index contributed by atoms with van der Waals surface area (Å²) in [6, 6.07) is 0. The molecular weight excluding hydrogens is 160 g/mol. The molecule has 0 aliphatic heterocycles. The van der Waals surface area contributed by atoms with Crippen LogP contribution in [0.2, 0.25) is 0 Å². The van der Waals surface area contributed by atoms with Gasteiger partial charge in [0.05, 0.1) is 0 Å². The Bertz CT molecular complexity index is 53.3. The Hall–Kier alpha value is 0.716. The molecule has 0 aliphatic rings. The molecule has 0 fully saturated rings. The zero-order valence-corrected chi connectivity index (χ0v) is 6.40.